The highest BCUT2D eigenvalue weighted by molar-refractivity contribution is 9.10. The van der Waals surface area contributed by atoms with Crippen LogP contribution in [-0.2, 0) is 6.54 Å². The summed E-state index contributed by atoms with van der Waals surface area (Å²) in [6.45, 7) is 0.398. The summed E-state index contributed by atoms with van der Waals surface area (Å²) in [5.41, 5.74) is 8.37. The third-order valence-electron chi connectivity index (χ3n) is 4.36. The number of aromatic nitrogens is 1. The lowest BCUT2D eigenvalue weighted by Gasteiger charge is -2.10. The highest BCUT2D eigenvalue weighted by Gasteiger charge is 2.17. The molecule has 0 spiro atoms. The zero-order valence-electron chi connectivity index (χ0n) is 13.4. The third kappa shape index (κ3) is 2.77. The fourth-order valence-electron chi connectivity index (χ4n) is 3.24. The van der Waals surface area contributed by atoms with Gasteiger partial charge in [-0.3, -0.25) is 4.79 Å². The molecule has 0 saturated heterocycles. The van der Waals surface area contributed by atoms with Gasteiger partial charge in [0.2, 0.25) is 5.91 Å². The summed E-state index contributed by atoms with van der Waals surface area (Å²) in [6.07, 6.45) is 0. The maximum Gasteiger partial charge on any atom is 0.249 e. The Balaban J connectivity index is 2.06. The minimum absolute atomic E-state index is 0.314. The van der Waals surface area contributed by atoms with E-state index in [1.54, 1.807) is 24.3 Å². The Hall–Kier alpha value is -2.37. The van der Waals surface area contributed by atoms with Gasteiger partial charge < -0.3 is 10.3 Å². The highest BCUT2D eigenvalue weighted by Crippen LogP contribution is 2.34. The average Bonchev–Trinajstić information content (AvgIpc) is 2.91. The molecule has 3 nitrogen and oxygen atoms in total. The molecule has 1 aromatic heterocycles. The first kappa shape index (κ1) is 17.1. The summed E-state index contributed by atoms with van der Waals surface area (Å²) in [6, 6.07) is 16.5. The van der Waals surface area contributed by atoms with Gasteiger partial charge in [0, 0.05) is 32.4 Å². The van der Waals surface area contributed by atoms with Gasteiger partial charge in [-0.15, -0.1) is 0 Å². The Morgan fingerprint density at radius 3 is 2.81 bits per heavy atom. The van der Waals surface area contributed by atoms with Crippen molar-refractivity contribution in [3.05, 3.63) is 81.0 Å². The van der Waals surface area contributed by atoms with E-state index in [9.17, 15) is 9.18 Å². The van der Waals surface area contributed by atoms with Crippen LogP contribution in [0.5, 0.6) is 0 Å². The average molecular weight is 431 g/mol. The van der Waals surface area contributed by atoms with Crippen LogP contribution < -0.4 is 5.73 Å². The van der Waals surface area contributed by atoms with E-state index in [0.29, 0.717) is 17.1 Å². The van der Waals surface area contributed by atoms with Gasteiger partial charge in [-0.2, -0.15) is 0 Å². The minimum atomic E-state index is -0.509. The molecular weight excluding hydrogens is 419 g/mol. The van der Waals surface area contributed by atoms with Crippen molar-refractivity contribution in [2.24, 2.45) is 5.73 Å². The lowest BCUT2D eigenvalue weighted by Crippen LogP contribution is -2.11. The van der Waals surface area contributed by atoms with Crippen LogP contribution >= 0.6 is 27.5 Å². The number of nitrogens with two attached hydrogens (primary N) is 1. The summed E-state index contributed by atoms with van der Waals surface area (Å²) in [5.74, 6) is -0.823. The van der Waals surface area contributed by atoms with Crippen LogP contribution in [0.4, 0.5) is 4.39 Å². The monoisotopic (exact) mass is 429 g/mol. The van der Waals surface area contributed by atoms with E-state index in [1.807, 2.05) is 16.7 Å². The standard InChI is InChI=1S/C20H12BrClFN2O/c21-16-7-5-13(23)8-11(16)10-25-17-3-1-2-15(20(24)26)19(17)14-6-4-12(22)9-18(14)25/h1-5,7-9H,10H2,(H2,24,26). The van der Waals surface area contributed by atoms with Crippen molar-refractivity contribution in [2.45, 2.75) is 6.54 Å². The number of nitrogens with zero attached hydrogens (tertiary/aromatic N) is 1. The van der Waals surface area contributed by atoms with E-state index >= 15 is 0 Å². The molecule has 0 aliphatic carbocycles. The molecule has 1 radical (unpaired) electrons. The molecule has 2 N–H and O–H groups in total. The summed E-state index contributed by atoms with van der Waals surface area (Å²) in [5, 5.41) is 2.01. The van der Waals surface area contributed by atoms with Crippen LogP contribution in [0.3, 0.4) is 0 Å². The summed E-state index contributed by atoms with van der Waals surface area (Å²) >= 11 is 9.64. The third-order valence-corrected chi connectivity index (χ3v) is 5.35. The van der Waals surface area contributed by atoms with Crippen molar-refractivity contribution < 1.29 is 9.18 Å². The fraction of sp³-hybridized carbons (Fsp3) is 0.0500. The van der Waals surface area contributed by atoms with Crippen LogP contribution in [0.25, 0.3) is 21.8 Å². The van der Waals surface area contributed by atoms with Gasteiger partial charge in [-0.25, -0.2) is 4.39 Å². The van der Waals surface area contributed by atoms with Gasteiger partial charge in [0.25, 0.3) is 0 Å². The van der Waals surface area contributed by atoms with E-state index in [1.165, 1.54) is 12.1 Å². The first-order valence-corrected chi connectivity index (χ1v) is 8.98. The molecular formula is C20H12BrClFN2O. The van der Waals surface area contributed by atoms with Gasteiger partial charge >= 0.3 is 0 Å². The molecule has 0 aliphatic rings. The van der Waals surface area contributed by atoms with Gasteiger partial charge in [-0.1, -0.05) is 33.6 Å². The predicted octanol–water partition coefficient (Wildman–Crippen LogP) is 5.30. The Kier molecular flexibility index (Phi) is 4.21. The van der Waals surface area contributed by atoms with Crippen molar-refractivity contribution in [3.8, 4) is 0 Å². The van der Waals surface area contributed by atoms with Crippen LogP contribution in [0.2, 0.25) is 5.02 Å². The molecule has 129 valence electrons. The van der Waals surface area contributed by atoms with Crippen molar-refractivity contribution in [3.63, 3.8) is 0 Å². The zero-order valence-corrected chi connectivity index (χ0v) is 15.7. The van der Waals surface area contributed by atoms with Crippen molar-refractivity contribution in [1.82, 2.24) is 4.57 Å². The SMILES string of the molecule is NC(=O)c1cccc2c1c1[c]cc(Cl)cc1n2Cc1cc(F)ccc1Br. The van der Waals surface area contributed by atoms with E-state index < -0.39 is 5.91 Å². The van der Waals surface area contributed by atoms with Crippen LogP contribution in [0.15, 0.2) is 53.0 Å². The quantitative estimate of drug-likeness (QED) is 0.471. The van der Waals surface area contributed by atoms with Crippen LogP contribution in [-0.4, -0.2) is 10.5 Å². The fourth-order valence-corrected chi connectivity index (χ4v) is 3.77. The lowest BCUT2D eigenvalue weighted by atomic mass is 10.1. The number of primary amides is 1. The molecule has 0 saturated carbocycles. The largest absolute Gasteiger partial charge is 0.366 e. The van der Waals surface area contributed by atoms with E-state index in [2.05, 4.69) is 22.0 Å². The van der Waals surface area contributed by atoms with E-state index in [0.717, 1.165) is 31.8 Å². The van der Waals surface area contributed by atoms with Crippen molar-refractivity contribution in [1.29, 1.82) is 0 Å². The number of hydrogen-bond acceptors (Lipinski definition) is 1. The first-order valence-electron chi connectivity index (χ1n) is 7.81. The molecule has 26 heavy (non-hydrogen) atoms. The number of hydrogen-bond donors (Lipinski definition) is 1. The molecule has 3 aromatic carbocycles. The highest BCUT2D eigenvalue weighted by atomic mass is 79.9. The summed E-state index contributed by atoms with van der Waals surface area (Å²) in [7, 11) is 0. The minimum Gasteiger partial charge on any atom is -0.366 e. The van der Waals surface area contributed by atoms with Crippen LogP contribution in [0, 0.1) is 11.9 Å². The maximum absolute atomic E-state index is 13.7. The molecule has 4 rings (SSSR count). The second-order valence-corrected chi connectivity index (χ2v) is 7.25. The Morgan fingerprint density at radius 2 is 2.04 bits per heavy atom. The first-order chi connectivity index (χ1) is 12.5. The van der Waals surface area contributed by atoms with Gasteiger partial charge in [0.05, 0.1) is 11.0 Å². The Morgan fingerprint density at radius 1 is 1.23 bits per heavy atom. The molecule has 4 aromatic rings. The number of amides is 1. The number of carbonyl (C=O) groups excluding carboxylic acids is 1. The molecule has 0 atom stereocenters. The second-order valence-electron chi connectivity index (χ2n) is 5.96. The topological polar surface area (TPSA) is 48.0 Å². The molecule has 1 heterocycles. The summed E-state index contributed by atoms with van der Waals surface area (Å²) < 4.78 is 16.5. The van der Waals surface area contributed by atoms with Crippen molar-refractivity contribution in [2.75, 3.05) is 0 Å². The second kappa shape index (κ2) is 6.41. The molecule has 0 aliphatic heterocycles. The predicted molar refractivity (Wildman–Crippen MR) is 105 cm³/mol. The van der Waals surface area contributed by atoms with Gasteiger partial charge in [0.1, 0.15) is 5.82 Å². The molecule has 0 bridgehead atoms. The molecule has 0 unspecified atom stereocenters. The van der Waals surface area contributed by atoms with E-state index in [4.69, 9.17) is 17.3 Å². The Bertz CT molecular complexity index is 1190. The van der Waals surface area contributed by atoms with E-state index in [-0.39, 0.29) is 5.82 Å². The molecule has 1 amide bonds. The zero-order chi connectivity index (χ0) is 18.4. The number of carbonyl (C=O) groups is 1. The van der Waals surface area contributed by atoms with Crippen molar-refractivity contribution >= 4 is 55.2 Å². The van der Waals surface area contributed by atoms with Gasteiger partial charge in [0.15, 0.2) is 0 Å². The number of fused-ring (bicyclic) bond motifs is 3. The molecule has 6 heteroatoms. The maximum atomic E-state index is 13.7. The van der Waals surface area contributed by atoms with Gasteiger partial charge in [-0.05, 0) is 54.1 Å². The lowest BCUT2D eigenvalue weighted by molar-refractivity contribution is 0.100. The van der Waals surface area contributed by atoms with Crippen LogP contribution in [0.1, 0.15) is 15.9 Å². The summed E-state index contributed by atoms with van der Waals surface area (Å²) in [4.78, 5) is 11.9. The number of benzene rings is 3. The number of rotatable bonds is 3. The number of halogens is 3. The molecule has 0 fully saturated rings. The normalized spacial score (nSPS) is 11.3. The Labute approximate surface area is 162 Å². The smallest absolute Gasteiger partial charge is 0.249 e.